The fourth-order valence-corrected chi connectivity index (χ4v) is 3.14. The number of hydrazine groups is 1. The Bertz CT molecular complexity index is 838. The lowest BCUT2D eigenvalue weighted by atomic mass is 9.98. The van der Waals surface area contributed by atoms with Crippen molar-refractivity contribution < 1.29 is 26.7 Å². The molecule has 7 nitrogen and oxygen atoms in total. The molecule has 2 aromatic rings. The highest BCUT2D eigenvalue weighted by molar-refractivity contribution is 5.87. The van der Waals surface area contributed by atoms with E-state index in [2.05, 4.69) is 15.0 Å². The van der Waals surface area contributed by atoms with E-state index in [-0.39, 0.29) is 6.54 Å². The molecule has 0 aromatic carbocycles. The van der Waals surface area contributed by atoms with Crippen LogP contribution in [0.1, 0.15) is 12.8 Å². The number of halogens is 5. The number of H-pyrrole nitrogens is 1. The number of nitrogens with zero attached hydrogens (tertiary/aromatic N) is 4. The van der Waals surface area contributed by atoms with E-state index in [4.69, 9.17) is 0 Å². The third-order valence-corrected chi connectivity index (χ3v) is 4.73. The molecule has 0 saturated carbocycles. The predicted molar refractivity (Wildman–Crippen MR) is 90.6 cm³/mol. The van der Waals surface area contributed by atoms with Gasteiger partial charge < -0.3 is 10.3 Å². The lowest BCUT2D eigenvalue weighted by Crippen LogP contribution is -2.52. The van der Waals surface area contributed by atoms with Gasteiger partial charge in [0, 0.05) is 26.3 Å². The molecule has 1 aliphatic rings. The summed E-state index contributed by atoms with van der Waals surface area (Å²) in [6.45, 7) is -0.998. The summed E-state index contributed by atoms with van der Waals surface area (Å²) in [4.78, 5) is 23.5. The molecular weight excluding hydrogens is 387 g/mol. The maximum Gasteiger partial charge on any atom is 0.455 e. The summed E-state index contributed by atoms with van der Waals surface area (Å²) >= 11 is 0. The Morgan fingerprint density at radius 3 is 2.82 bits per heavy atom. The number of amides is 1. The summed E-state index contributed by atoms with van der Waals surface area (Å²) in [7, 11) is 1.74. The predicted octanol–water partition coefficient (Wildman–Crippen LogP) is 2.33. The Morgan fingerprint density at radius 2 is 2.11 bits per heavy atom. The normalized spacial score (nSPS) is 19.0. The van der Waals surface area contributed by atoms with Gasteiger partial charge >= 0.3 is 12.1 Å². The van der Waals surface area contributed by atoms with E-state index in [9.17, 15) is 26.7 Å². The average Bonchev–Trinajstić information content (AvgIpc) is 3.13. The summed E-state index contributed by atoms with van der Waals surface area (Å²) in [5.74, 6) is -5.90. The summed E-state index contributed by atoms with van der Waals surface area (Å²) in [5.41, 5.74) is 0.637. The number of hydrogen-bond donors (Lipinski definition) is 2. The lowest BCUT2D eigenvalue weighted by molar-refractivity contribution is -0.278. The molecule has 28 heavy (non-hydrogen) atoms. The number of piperidine rings is 1. The second-order valence-electron chi connectivity index (χ2n) is 6.63. The van der Waals surface area contributed by atoms with Crippen LogP contribution in [0.25, 0.3) is 11.0 Å². The number of rotatable bonds is 5. The number of anilines is 1. The van der Waals surface area contributed by atoms with Gasteiger partial charge in [-0.2, -0.15) is 22.0 Å². The van der Waals surface area contributed by atoms with E-state index >= 15 is 0 Å². The summed E-state index contributed by atoms with van der Waals surface area (Å²) in [5, 5.41) is 6.05. The van der Waals surface area contributed by atoms with Crippen LogP contribution in [0.5, 0.6) is 0 Å². The third kappa shape index (κ3) is 4.01. The molecule has 1 fully saturated rings. The Balaban J connectivity index is 1.65. The molecule has 1 saturated heterocycles. The number of nitrogens with one attached hydrogen (secondary N) is 2. The van der Waals surface area contributed by atoms with Crippen molar-refractivity contribution in [2.45, 2.75) is 24.9 Å². The van der Waals surface area contributed by atoms with Crippen LogP contribution >= 0.6 is 0 Å². The number of fused-ring (bicyclic) bond motifs is 1. The first kappa shape index (κ1) is 20.2. The molecule has 0 spiro atoms. The highest BCUT2D eigenvalue weighted by Crippen LogP contribution is 2.34. The lowest BCUT2D eigenvalue weighted by Gasteiger charge is -2.38. The monoisotopic (exact) mass is 406 g/mol. The first-order chi connectivity index (χ1) is 13.1. The molecule has 0 radical (unpaired) electrons. The van der Waals surface area contributed by atoms with Crippen molar-refractivity contribution in [1.82, 2.24) is 25.3 Å². The molecule has 1 aliphatic heterocycles. The number of aromatic nitrogens is 3. The van der Waals surface area contributed by atoms with E-state index in [1.54, 1.807) is 29.6 Å². The smallest absolute Gasteiger partial charge is 0.349 e. The standard InChI is InChI=1S/C16H19F5N6O/c1-26(13-11-4-5-22-12(11)24-9-25-13)27-6-2-3-10(7-27)14(28)23-8-15(17,18)16(19,20)21/h4-5,9-10H,2-3,6-8H2,1H3,(H,23,28)(H,22,24,25)/t10-/m0/s1. The van der Waals surface area contributed by atoms with Gasteiger partial charge in [-0.05, 0) is 18.9 Å². The minimum Gasteiger partial charge on any atom is -0.349 e. The van der Waals surface area contributed by atoms with Crippen LogP contribution in [0.4, 0.5) is 27.8 Å². The zero-order valence-electron chi connectivity index (χ0n) is 14.9. The summed E-state index contributed by atoms with van der Waals surface area (Å²) < 4.78 is 62.8. The Kier molecular flexibility index (Phi) is 5.41. The molecule has 2 aromatic heterocycles. The van der Waals surface area contributed by atoms with Crippen molar-refractivity contribution in [3.05, 3.63) is 18.6 Å². The van der Waals surface area contributed by atoms with Gasteiger partial charge in [-0.1, -0.05) is 0 Å². The number of carbonyl (C=O) groups excluding carboxylic acids is 1. The van der Waals surface area contributed by atoms with Crippen LogP contribution < -0.4 is 10.3 Å². The van der Waals surface area contributed by atoms with Crippen LogP contribution in [0.2, 0.25) is 0 Å². The highest BCUT2D eigenvalue weighted by atomic mass is 19.4. The van der Waals surface area contributed by atoms with E-state index in [1.807, 2.05) is 5.01 Å². The minimum absolute atomic E-state index is 0.176. The van der Waals surface area contributed by atoms with Gasteiger partial charge in [-0.25, -0.2) is 15.0 Å². The molecule has 3 rings (SSSR count). The maximum absolute atomic E-state index is 13.0. The van der Waals surface area contributed by atoms with Gasteiger partial charge in [-0.15, -0.1) is 0 Å². The zero-order chi connectivity index (χ0) is 20.5. The van der Waals surface area contributed by atoms with Gasteiger partial charge in [0.05, 0.1) is 17.8 Å². The molecule has 154 valence electrons. The molecule has 1 amide bonds. The highest BCUT2D eigenvalue weighted by Gasteiger charge is 2.57. The van der Waals surface area contributed by atoms with Crippen molar-refractivity contribution in [2.75, 3.05) is 31.7 Å². The number of hydrogen-bond acceptors (Lipinski definition) is 5. The van der Waals surface area contributed by atoms with E-state index in [1.165, 1.54) is 6.33 Å². The van der Waals surface area contributed by atoms with E-state index in [0.717, 1.165) is 5.39 Å². The van der Waals surface area contributed by atoms with Crippen LogP contribution in [-0.4, -0.2) is 64.6 Å². The topological polar surface area (TPSA) is 77.2 Å². The van der Waals surface area contributed by atoms with Crippen molar-refractivity contribution in [2.24, 2.45) is 5.92 Å². The fourth-order valence-electron chi connectivity index (χ4n) is 3.14. The van der Waals surface area contributed by atoms with Crippen molar-refractivity contribution in [3.63, 3.8) is 0 Å². The maximum atomic E-state index is 13.0. The van der Waals surface area contributed by atoms with Gasteiger partial charge in [-0.3, -0.25) is 9.80 Å². The van der Waals surface area contributed by atoms with Crippen LogP contribution in [-0.2, 0) is 4.79 Å². The minimum atomic E-state index is -5.70. The molecule has 12 heteroatoms. The molecule has 0 bridgehead atoms. The van der Waals surface area contributed by atoms with E-state index < -0.39 is 30.5 Å². The fraction of sp³-hybridized carbons (Fsp3) is 0.562. The second-order valence-corrected chi connectivity index (χ2v) is 6.63. The van der Waals surface area contributed by atoms with Crippen molar-refractivity contribution >= 4 is 22.8 Å². The summed E-state index contributed by atoms with van der Waals surface area (Å²) in [6, 6.07) is 1.80. The number of carbonyl (C=O) groups is 1. The SMILES string of the molecule is CN(c1ncnc2[nH]ccc12)N1CCC[C@H](C(=O)NCC(F)(F)C(F)(F)F)C1. The average molecular weight is 406 g/mol. The van der Waals surface area contributed by atoms with Crippen LogP contribution in [0.3, 0.4) is 0 Å². The zero-order valence-corrected chi connectivity index (χ0v) is 14.9. The number of alkyl halides is 5. The molecule has 2 N–H and O–H groups in total. The Labute approximate surface area is 156 Å². The van der Waals surface area contributed by atoms with Crippen LogP contribution in [0, 0.1) is 5.92 Å². The van der Waals surface area contributed by atoms with Gasteiger partial charge in [0.2, 0.25) is 5.91 Å². The molecule has 0 aliphatic carbocycles. The molecule has 3 heterocycles. The second kappa shape index (κ2) is 7.49. The van der Waals surface area contributed by atoms with Crippen LogP contribution in [0.15, 0.2) is 18.6 Å². The van der Waals surface area contributed by atoms with Gasteiger partial charge in [0.15, 0.2) is 5.82 Å². The van der Waals surface area contributed by atoms with Gasteiger partial charge in [0.25, 0.3) is 0 Å². The largest absolute Gasteiger partial charge is 0.455 e. The Hall–Kier alpha value is -2.50. The molecular formula is C16H19F5N6O. The number of aromatic amines is 1. The molecule has 0 unspecified atom stereocenters. The first-order valence-corrected chi connectivity index (χ1v) is 8.59. The quantitative estimate of drug-likeness (QED) is 0.746. The first-order valence-electron chi connectivity index (χ1n) is 8.59. The van der Waals surface area contributed by atoms with Gasteiger partial charge in [0.1, 0.15) is 12.0 Å². The third-order valence-electron chi connectivity index (χ3n) is 4.73. The van der Waals surface area contributed by atoms with Crippen molar-refractivity contribution in [3.8, 4) is 0 Å². The molecule has 1 atom stereocenters. The van der Waals surface area contributed by atoms with E-state index in [0.29, 0.717) is 30.9 Å². The van der Waals surface area contributed by atoms with Crippen molar-refractivity contribution in [1.29, 1.82) is 0 Å². The summed E-state index contributed by atoms with van der Waals surface area (Å²) in [6.07, 6.45) is -1.62. The Morgan fingerprint density at radius 1 is 1.36 bits per heavy atom.